The fourth-order valence-electron chi connectivity index (χ4n) is 3.62. The van der Waals surface area contributed by atoms with Crippen molar-refractivity contribution in [3.63, 3.8) is 0 Å². The number of H-pyrrole nitrogens is 1. The van der Waals surface area contributed by atoms with Gasteiger partial charge in [0.05, 0.1) is 24.0 Å². The van der Waals surface area contributed by atoms with Crippen LogP contribution in [0.25, 0.3) is 16.9 Å². The van der Waals surface area contributed by atoms with Crippen LogP contribution in [0, 0.1) is 0 Å². The lowest BCUT2D eigenvalue weighted by Gasteiger charge is -2.35. The Morgan fingerprint density at radius 2 is 1.75 bits per heavy atom. The van der Waals surface area contributed by atoms with Crippen molar-refractivity contribution in [1.29, 1.82) is 0 Å². The summed E-state index contributed by atoms with van der Waals surface area (Å²) in [6.45, 7) is 1.50. The lowest BCUT2D eigenvalue weighted by molar-refractivity contribution is 0.0532. The molecule has 3 N–H and O–H groups in total. The lowest BCUT2D eigenvalue weighted by Crippen LogP contribution is -2.55. The number of aromatic amines is 1. The van der Waals surface area contributed by atoms with Crippen LogP contribution in [0.3, 0.4) is 0 Å². The molecule has 144 valence electrons. The average molecular weight is 378 g/mol. The van der Waals surface area contributed by atoms with Gasteiger partial charge in [-0.25, -0.2) is 4.79 Å². The Labute approximate surface area is 162 Å². The molecule has 1 unspecified atom stereocenters. The SMILES string of the molecule is O=C(c1[nH]c(=O)n(-c2ccccc2)c1-c1ccccc1)N1CCNCC1CO. The van der Waals surface area contributed by atoms with Gasteiger partial charge in [0.15, 0.2) is 0 Å². The molecule has 0 radical (unpaired) electrons. The first-order chi connectivity index (χ1) is 13.7. The molecule has 0 bridgehead atoms. The summed E-state index contributed by atoms with van der Waals surface area (Å²) in [5, 5.41) is 12.9. The van der Waals surface area contributed by atoms with Crippen LogP contribution in [0.2, 0.25) is 0 Å². The number of rotatable bonds is 4. The van der Waals surface area contributed by atoms with Crippen molar-refractivity contribution in [2.24, 2.45) is 0 Å². The van der Waals surface area contributed by atoms with E-state index in [1.54, 1.807) is 4.90 Å². The Bertz CT molecular complexity index is 1010. The number of aliphatic hydroxyl groups excluding tert-OH is 1. The summed E-state index contributed by atoms with van der Waals surface area (Å²) in [5.74, 6) is -0.286. The smallest absolute Gasteiger partial charge is 0.331 e. The molecule has 1 atom stereocenters. The second-order valence-corrected chi connectivity index (χ2v) is 6.73. The number of carbonyl (C=O) groups is 1. The minimum absolute atomic E-state index is 0.136. The number of nitrogens with zero attached hydrogens (tertiary/aromatic N) is 2. The van der Waals surface area contributed by atoms with Crippen molar-refractivity contribution in [1.82, 2.24) is 19.8 Å². The third kappa shape index (κ3) is 3.26. The maximum atomic E-state index is 13.4. The van der Waals surface area contributed by atoms with E-state index in [9.17, 15) is 14.7 Å². The van der Waals surface area contributed by atoms with Gasteiger partial charge in [0.25, 0.3) is 5.91 Å². The first-order valence-corrected chi connectivity index (χ1v) is 9.29. The van der Waals surface area contributed by atoms with Gasteiger partial charge in [0.2, 0.25) is 0 Å². The van der Waals surface area contributed by atoms with Gasteiger partial charge in [-0.2, -0.15) is 0 Å². The van der Waals surface area contributed by atoms with Crippen LogP contribution in [-0.4, -0.2) is 57.7 Å². The molecule has 0 saturated carbocycles. The zero-order valence-electron chi connectivity index (χ0n) is 15.3. The van der Waals surface area contributed by atoms with Crippen LogP contribution >= 0.6 is 0 Å². The molecule has 1 aromatic heterocycles. The molecule has 0 aliphatic carbocycles. The Morgan fingerprint density at radius 3 is 2.43 bits per heavy atom. The van der Waals surface area contributed by atoms with Crippen molar-refractivity contribution >= 4 is 5.91 Å². The molecular formula is C21H22N4O3. The summed E-state index contributed by atoms with van der Waals surface area (Å²) in [4.78, 5) is 30.6. The van der Waals surface area contributed by atoms with Gasteiger partial charge in [-0.1, -0.05) is 48.5 Å². The fourth-order valence-corrected chi connectivity index (χ4v) is 3.62. The molecule has 1 aliphatic heterocycles. The van der Waals surface area contributed by atoms with E-state index in [-0.39, 0.29) is 29.9 Å². The van der Waals surface area contributed by atoms with E-state index in [2.05, 4.69) is 10.3 Å². The number of aromatic nitrogens is 2. The second kappa shape index (κ2) is 7.84. The molecule has 1 amide bonds. The summed E-state index contributed by atoms with van der Waals surface area (Å²) in [6, 6.07) is 18.3. The predicted molar refractivity (Wildman–Crippen MR) is 107 cm³/mol. The first kappa shape index (κ1) is 18.2. The fraction of sp³-hybridized carbons (Fsp3) is 0.238. The topological polar surface area (TPSA) is 90.4 Å². The number of imidazole rings is 1. The number of amides is 1. The van der Waals surface area contributed by atoms with Gasteiger partial charge in [0.1, 0.15) is 5.69 Å². The van der Waals surface area contributed by atoms with Crippen LogP contribution in [0.4, 0.5) is 0 Å². The normalized spacial score (nSPS) is 16.9. The Kier molecular flexibility index (Phi) is 5.10. The summed E-state index contributed by atoms with van der Waals surface area (Å²) < 4.78 is 1.53. The molecule has 3 aromatic rings. The molecule has 28 heavy (non-hydrogen) atoms. The van der Waals surface area contributed by atoms with Gasteiger partial charge in [0, 0.05) is 25.2 Å². The number of aliphatic hydroxyl groups is 1. The maximum absolute atomic E-state index is 13.4. The Hall–Kier alpha value is -3.16. The quantitative estimate of drug-likeness (QED) is 0.637. The van der Waals surface area contributed by atoms with E-state index >= 15 is 0 Å². The number of hydrogen-bond donors (Lipinski definition) is 3. The van der Waals surface area contributed by atoms with E-state index in [1.165, 1.54) is 4.57 Å². The second-order valence-electron chi connectivity index (χ2n) is 6.73. The first-order valence-electron chi connectivity index (χ1n) is 9.29. The summed E-state index contributed by atoms with van der Waals surface area (Å²) >= 11 is 0. The molecule has 4 rings (SSSR count). The van der Waals surface area contributed by atoms with Crippen molar-refractivity contribution < 1.29 is 9.90 Å². The van der Waals surface area contributed by atoms with Crippen molar-refractivity contribution in [2.75, 3.05) is 26.2 Å². The Morgan fingerprint density at radius 1 is 1.07 bits per heavy atom. The summed E-state index contributed by atoms with van der Waals surface area (Å²) in [7, 11) is 0. The van der Waals surface area contributed by atoms with E-state index < -0.39 is 0 Å². The van der Waals surface area contributed by atoms with Crippen LogP contribution in [0.15, 0.2) is 65.5 Å². The zero-order valence-corrected chi connectivity index (χ0v) is 15.3. The molecule has 2 heterocycles. The van der Waals surface area contributed by atoms with Gasteiger partial charge in [-0.15, -0.1) is 0 Å². The minimum Gasteiger partial charge on any atom is -0.394 e. The van der Waals surface area contributed by atoms with E-state index in [0.717, 1.165) is 5.56 Å². The number of hydrogen-bond acceptors (Lipinski definition) is 4. The van der Waals surface area contributed by atoms with E-state index in [4.69, 9.17) is 0 Å². The molecule has 7 heteroatoms. The molecule has 7 nitrogen and oxygen atoms in total. The van der Waals surface area contributed by atoms with Crippen molar-refractivity contribution in [2.45, 2.75) is 6.04 Å². The van der Waals surface area contributed by atoms with Gasteiger partial charge < -0.3 is 20.3 Å². The molecule has 0 spiro atoms. The third-order valence-corrected chi connectivity index (χ3v) is 4.99. The summed E-state index contributed by atoms with van der Waals surface area (Å²) in [6.07, 6.45) is 0. The molecule has 1 fully saturated rings. The minimum atomic E-state index is -0.371. The van der Waals surface area contributed by atoms with Gasteiger partial charge in [-0.05, 0) is 12.1 Å². The monoisotopic (exact) mass is 378 g/mol. The average Bonchev–Trinajstić information content (AvgIpc) is 3.11. The van der Waals surface area contributed by atoms with Crippen molar-refractivity contribution in [3.8, 4) is 16.9 Å². The highest BCUT2D eigenvalue weighted by molar-refractivity contribution is 5.99. The summed E-state index contributed by atoms with van der Waals surface area (Å²) in [5.41, 5.74) is 1.84. The van der Waals surface area contributed by atoms with Crippen LogP contribution < -0.4 is 11.0 Å². The van der Waals surface area contributed by atoms with Crippen LogP contribution in [0.5, 0.6) is 0 Å². The highest BCUT2D eigenvalue weighted by atomic mass is 16.3. The molecule has 2 aromatic carbocycles. The standard InChI is InChI=1S/C21H22N4O3/c26-14-17-13-22-11-12-24(17)20(27)18-19(15-7-3-1-4-8-15)25(21(28)23-18)16-9-5-2-6-10-16/h1-10,17,22,26H,11-14H2,(H,23,28). The molecule has 1 aliphatic rings. The highest BCUT2D eigenvalue weighted by Gasteiger charge is 2.31. The van der Waals surface area contributed by atoms with Crippen molar-refractivity contribution in [3.05, 3.63) is 76.8 Å². The highest BCUT2D eigenvalue weighted by Crippen LogP contribution is 2.26. The number of piperazine rings is 1. The number of carbonyl (C=O) groups excluding carboxylic acids is 1. The molecular weight excluding hydrogens is 356 g/mol. The largest absolute Gasteiger partial charge is 0.394 e. The van der Waals surface area contributed by atoms with Crippen LogP contribution in [-0.2, 0) is 0 Å². The van der Waals surface area contributed by atoms with Gasteiger partial charge >= 0.3 is 5.69 Å². The maximum Gasteiger partial charge on any atom is 0.331 e. The molecule has 1 saturated heterocycles. The number of benzene rings is 2. The third-order valence-electron chi connectivity index (χ3n) is 4.99. The van der Waals surface area contributed by atoms with E-state index in [0.29, 0.717) is 31.0 Å². The van der Waals surface area contributed by atoms with Gasteiger partial charge in [-0.3, -0.25) is 9.36 Å². The number of para-hydroxylation sites is 1. The lowest BCUT2D eigenvalue weighted by atomic mass is 10.1. The Balaban J connectivity index is 1.88. The van der Waals surface area contributed by atoms with E-state index in [1.807, 2.05) is 60.7 Å². The van der Waals surface area contributed by atoms with Crippen LogP contribution in [0.1, 0.15) is 10.5 Å². The zero-order chi connectivity index (χ0) is 19.5. The predicted octanol–water partition coefficient (Wildman–Crippen LogP) is 1.24. The number of nitrogens with one attached hydrogen (secondary N) is 2.